The molecule has 0 radical (unpaired) electrons. The highest BCUT2D eigenvalue weighted by atomic mass is 19.1. The number of pyridine rings is 1. The normalized spacial score (nSPS) is 10.5. The summed E-state index contributed by atoms with van der Waals surface area (Å²) in [6, 6.07) is 2.76. The van der Waals surface area contributed by atoms with Crippen LogP contribution in [-0.4, -0.2) is 12.1 Å². The van der Waals surface area contributed by atoms with Crippen molar-refractivity contribution in [1.82, 2.24) is 4.98 Å². The van der Waals surface area contributed by atoms with Gasteiger partial charge in [-0.15, -0.1) is 0 Å². The van der Waals surface area contributed by atoms with Crippen LogP contribution in [0.1, 0.15) is 0 Å². The van der Waals surface area contributed by atoms with Crippen LogP contribution in [0.4, 0.5) is 15.8 Å². The molecule has 0 spiro atoms. The van der Waals surface area contributed by atoms with Crippen LogP contribution in [-0.2, 0) is 0 Å². The Labute approximate surface area is 85.7 Å². The minimum Gasteiger partial charge on any atom is -0.494 e. The Morgan fingerprint density at radius 1 is 1.33 bits per heavy atom. The fraction of sp³-hybridized carbons (Fsp3) is 0.100. The average Bonchev–Trinajstić information content (AvgIpc) is 2.23. The number of nitrogens with two attached hydrogens (primary N) is 2. The van der Waals surface area contributed by atoms with Gasteiger partial charge in [0.25, 0.3) is 0 Å². The van der Waals surface area contributed by atoms with Crippen molar-refractivity contribution in [3.8, 4) is 5.75 Å². The molecular formula is C10H10FN3O. The second-order valence-electron chi connectivity index (χ2n) is 3.13. The molecule has 0 amide bonds. The zero-order valence-corrected chi connectivity index (χ0v) is 8.12. The number of anilines is 2. The molecule has 0 aliphatic carbocycles. The minimum absolute atomic E-state index is 0.126. The smallest absolute Gasteiger partial charge is 0.167 e. The van der Waals surface area contributed by atoms with Gasteiger partial charge in [-0.1, -0.05) is 0 Å². The Morgan fingerprint density at radius 2 is 2.07 bits per heavy atom. The van der Waals surface area contributed by atoms with Gasteiger partial charge >= 0.3 is 0 Å². The van der Waals surface area contributed by atoms with Gasteiger partial charge in [0.05, 0.1) is 30.2 Å². The molecule has 0 aliphatic rings. The van der Waals surface area contributed by atoms with Crippen molar-refractivity contribution < 1.29 is 9.13 Å². The number of aromatic nitrogens is 1. The summed E-state index contributed by atoms with van der Waals surface area (Å²) in [6.45, 7) is 0. The van der Waals surface area contributed by atoms with Crippen LogP contribution in [0.3, 0.4) is 0 Å². The van der Waals surface area contributed by atoms with Gasteiger partial charge in [-0.3, -0.25) is 4.98 Å². The summed E-state index contributed by atoms with van der Waals surface area (Å²) in [7, 11) is 1.39. The summed E-state index contributed by atoms with van der Waals surface area (Å²) >= 11 is 0. The topological polar surface area (TPSA) is 74.2 Å². The molecule has 0 unspecified atom stereocenters. The van der Waals surface area contributed by atoms with Gasteiger partial charge in [-0.2, -0.15) is 0 Å². The molecule has 2 rings (SSSR count). The van der Waals surface area contributed by atoms with Crippen molar-refractivity contribution >= 4 is 22.3 Å². The number of rotatable bonds is 1. The zero-order chi connectivity index (χ0) is 11.0. The van der Waals surface area contributed by atoms with Gasteiger partial charge in [0, 0.05) is 11.5 Å². The Hall–Kier alpha value is -2.04. The fourth-order valence-electron chi connectivity index (χ4n) is 1.39. The van der Waals surface area contributed by atoms with E-state index < -0.39 is 5.82 Å². The molecule has 1 heterocycles. The SMILES string of the molecule is COc1cc2c(N)c(N)cnc2cc1F. The lowest BCUT2D eigenvalue weighted by atomic mass is 10.1. The lowest BCUT2D eigenvalue weighted by Gasteiger charge is -2.07. The quantitative estimate of drug-likeness (QED) is 0.743. The summed E-state index contributed by atoms with van der Waals surface area (Å²) in [6.07, 6.45) is 1.41. The van der Waals surface area contributed by atoms with E-state index in [1.807, 2.05) is 0 Å². The highest BCUT2D eigenvalue weighted by Crippen LogP contribution is 2.29. The van der Waals surface area contributed by atoms with Crippen molar-refractivity contribution in [3.63, 3.8) is 0 Å². The van der Waals surface area contributed by atoms with E-state index in [1.165, 1.54) is 25.4 Å². The maximum absolute atomic E-state index is 13.3. The molecule has 78 valence electrons. The van der Waals surface area contributed by atoms with Gasteiger partial charge < -0.3 is 16.2 Å². The number of fused-ring (bicyclic) bond motifs is 1. The molecule has 0 saturated heterocycles. The molecule has 2 aromatic rings. The van der Waals surface area contributed by atoms with Crippen molar-refractivity contribution in [3.05, 3.63) is 24.1 Å². The van der Waals surface area contributed by atoms with Crippen LogP contribution in [0, 0.1) is 5.82 Å². The number of nitrogens with zero attached hydrogens (tertiary/aromatic N) is 1. The first-order chi connectivity index (χ1) is 7.13. The number of hydrogen-bond acceptors (Lipinski definition) is 4. The molecule has 0 saturated carbocycles. The standard InChI is InChI=1S/C10H10FN3O/c1-15-9-2-5-8(3-6(9)11)14-4-7(12)10(5)13/h2-4H,12H2,1H3,(H2,13,14). The van der Waals surface area contributed by atoms with E-state index in [0.29, 0.717) is 22.3 Å². The van der Waals surface area contributed by atoms with Gasteiger partial charge in [-0.05, 0) is 6.07 Å². The first kappa shape index (κ1) is 9.51. The molecule has 0 aliphatic heterocycles. The predicted octanol–water partition coefficient (Wildman–Crippen LogP) is 1.55. The van der Waals surface area contributed by atoms with Crippen molar-refractivity contribution in [1.29, 1.82) is 0 Å². The molecule has 1 aromatic carbocycles. The van der Waals surface area contributed by atoms with Gasteiger partial charge in [0.1, 0.15) is 0 Å². The number of ether oxygens (including phenoxy) is 1. The van der Waals surface area contributed by atoms with Gasteiger partial charge in [-0.25, -0.2) is 4.39 Å². The monoisotopic (exact) mass is 207 g/mol. The molecule has 0 fully saturated rings. The molecule has 0 bridgehead atoms. The Kier molecular flexibility index (Phi) is 2.07. The van der Waals surface area contributed by atoms with Crippen LogP contribution in [0.15, 0.2) is 18.3 Å². The third-order valence-corrected chi connectivity index (χ3v) is 2.21. The molecular weight excluding hydrogens is 197 g/mol. The first-order valence-corrected chi connectivity index (χ1v) is 4.30. The fourth-order valence-corrected chi connectivity index (χ4v) is 1.39. The van der Waals surface area contributed by atoms with E-state index in [4.69, 9.17) is 16.2 Å². The molecule has 0 atom stereocenters. The summed E-state index contributed by atoms with van der Waals surface area (Å²) in [5.74, 6) is -0.344. The van der Waals surface area contributed by atoms with E-state index in [9.17, 15) is 4.39 Å². The van der Waals surface area contributed by atoms with E-state index >= 15 is 0 Å². The van der Waals surface area contributed by atoms with E-state index in [0.717, 1.165) is 0 Å². The summed E-state index contributed by atoms with van der Waals surface area (Å²) in [5.41, 5.74) is 12.6. The second kappa shape index (κ2) is 3.27. The largest absolute Gasteiger partial charge is 0.494 e. The lowest BCUT2D eigenvalue weighted by Crippen LogP contribution is -1.98. The zero-order valence-electron chi connectivity index (χ0n) is 8.12. The van der Waals surface area contributed by atoms with Crippen LogP contribution in [0.2, 0.25) is 0 Å². The van der Waals surface area contributed by atoms with Crippen molar-refractivity contribution in [2.45, 2.75) is 0 Å². The number of nitrogen functional groups attached to an aromatic ring is 2. The number of methoxy groups -OCH3 is 1. The number of benzene rings is 1. The average molecular weight is 207 g/mol. The summed E-state index contributed by atoms with van der Waals surface area (Å²) in [4.78, 5) is 3.98. The number of halogens is 1. The third kappa shape index (κ3) is 1.41. The van der Waals surface area contributed by atoms with Gasteiger partial charge in [0.2, 0.25) is 0 Å². The van der Waals surface area contributed by atoms with Crippen LogP contribution >= 0.6 is 0 Å². The van der Waals surface area contributed by atoms with E-state index in [-0.39, 0.29) is 5.75 Å². The third-order valence-electron chi connectivity index (χ3n) is 2.21. The van der Waals surface area contributed by atoms with Crippen LogP contribution in [0.25, 0.3) is 10.9 Å². The maximum atomic E-state index is 13.3. The number of hydrogen-bond donors (Lipinski definition) is 2. The summed E-state index contributed by atoms with van der Waals surface area (Å²) < 4.78 is 18.2. The Morgan fingerprint density at radius 3 is 2.73 bits per heavy atom. The molecule has 4 nitrogen and oxygen atoms in total. The molecule has 1 aromatic heterocycles. The molecule has 5 heteroatoms. The van der Waals surface area contributed by atoms with Gasteiger partial charge in [0.15, 0.2) is 11.6 Å². The van der Waals surface area contributed by atoms with E-state index in [2.05, 4.69) is 4.98 Å². The summed E-state index contributed by atoms with van der Waals surface area (Å²) in [5, 5.41) is 0.591. The predicted molar refractivity (Wildman–Crippen MR) is 57.1 cm³/mol. The van der Waals surface area contributed by atoms with Crippen LogP contribution in [0.5, 0.6) is 5.75 Å². The minimum atomic E-state index is -0.471. The highest BCUT2D eigenvalue weighted by Gasteiger charge is 2.09. The lowest BCUT2D eigenvalue weighted by molar-refractivity contribution is 0.387. The maximum Gasteiger partial charge on any atom is 0.167 e. The van der Waals surface area contributed by atoms with Crippen molar-refractivity contribution in [2.24, 2.45) is 0 Å². The Bertz CT molecular complexity index is 528. The second-order valence-corrected chi connectivity index (χ2v) is 3.13. The highest BCUT2D eigenvalue weighted by molar-refractivity contribution is 5.96. The molecule has 4 N–H and O–H groups in total. The first-order valence-electron chi connectivity index (χ1n) is 4.30. The molecule has 15 heavy (non-hydrogen) atoms. The van der Waals surface area contributed by atoms with Crippen molar-refractivity contribution in [2.75, 3.05) is 18.6 Å². The Balaban J connectivity index is 2.82. The van der Waals surface area contributed by atoms with E-state index in [1.54, 1.807) is 0 Å². The van der Waals surface area contributed by atoms with Crippen LogP contribution < -0.4 is 16.2 Å².